The molecule has 1 aromatic rings. The van der Waals surface area contributed by atoms with Crippen molar-refractivity contribution in [2.24, 2.45) is 0 Å². The highest BCUT2D eigenvalue weighted by molar-refractivity contribution is 14.1. The largest absolute Gasteiger partial charge is 0.278 e. The fourth-order valence-electron chi connectivity index (χ4n) is 0.579. The van der Waals surface area contributed by atoms with Crippen molar-refractivity contribution >= 4 is 28.4 Å². The van der Waals surface area contributed by atoms with Gasteiger partial charge >= 0.3 is 0 Å². The molecule has 0 spiro atoms. The van der Waals surface area contributed by atoms with E-state index in [0.717, 1.165) is 0 Å². The Balaban J connectivity index is 2.86. The van der Waals surface area contributed by atoms with E-state index in [1.165, 1.54) is 19.2 Å². The molecule has 0 unspecified atom stereocenters. The van der Waals surface area contributed by atoms with Crippen LogP contribution in [0.4, 0.5) is 10.2 Å². The SMILES string of the molecule is CONc1ccc(F)c(I)n1. The van der Waals surface area contributed by atoms with Crippen molar-refractivity contribution in [2.45, 2.75) is 0 Å². The summed E-state index contributed by atoms with van der Waals surface area (Å²) in [6, 6.07) is 2.83. The molecule has 3 nitrogen and oxygen atoms in total. The van der Waals surface area contributed by atoms with E-state index in [1.807, 2.05) is 22.6 Å². The molecule has 0 aliphatic rings. The minimum atomic E-state index is -0.327. The second-order valence-electron chi connectivity index (χ2n) is 1.78. The fraction of sp³-hybridized carbons (Fsp3) is 0.167. The average Bonchev–Trinajstić information content (AvgIpc) is 1.98. The quantitative estimate of drug-likeness (QED) is 0.504. The molecular formula is C6H6FIN2O. The molecule has 0 radical (unpaired) electrons. The van der Waals surface area contributed by atoms with Crippen molar-refractivity contribution in [3.05, 3.63) is 21.7 Å². The molecule has 1 aromatic heterocycles. The number of hydrogen-bond acceptors (Lipinski definition) is 3. The average molecular weight is 268 g/mol. The Labute approximate surface area is 77.1 Å². The molecule has 11 heavy (non-hydrogen) atoms. The van der Waals surface area contributed by atoms with Gasteiger partial charge in [-0.1, -0.05) is 0 Å². The van der Waals surface area contributed by atoms with Gasteiger partial charge in [0.05, 0.1) is 7.11 Å². The highest BCUT2D eigenvalue weighted by Gasteiger charge is 2.00. The Hall–Kier alpha value is -0.430. The standard InChI is InChI=1S/C6H6FIN2O/c1-11-10-5-3-2-4(7)6(8)9-5/h2-3H,1H3,(H,9,10). The Morgan fingerprint density at radius 1 is 1.64 bits per heavy atom. The van der Waals surface area contributed by atoms with Crippen LogP contribution in [0.1, 0.15) is 0 Å². The van der Waals surface area contributed by atoms with Crippen LogP contribution in [-0.4, -0.2) is 12.1 Å². The summed E-state index contributed by atoms with van der Waals surface area (Å²) in [5, 5.41) is 0. The molecule has 0 aromatic carbocycles. The van der Waals surface area contributed by atoms with E-state index < -0.39 is 0 Å². The predicted molar refractivity (Wildman–Crippen MR) is 47.5 cm³/mol. The van der Waals surface area contributed by atoms with E-state index in [0.29, 0.717) is 9.52 Å². The third-order valence-corrected chi connectivity index (χ3v) is 1.77. The minimum Gasteiger partial charge on any atom is -0.278 e. The van der Waals surface area contributed by atoms with Gasteiger partial charge in [0.15, 0.2) is 11.6 Å². The van der Waals surface area contributed by atoms with E-state index in [2.05, 4.69) is 15.3 Å². The molecule has 1 heterocycles. The van der Waals surface area contributed by atoms with Gasteiger partial charge in [-0.05, 0) is 34.7 Å². The van der Waals surface area contributed by atoms with Crippen molar-refractivity contribution < 1.29 is 9.23 Å². The first-order valence-corrected chi connectivity index (χ1v) is 3.93. The molecule has 0 amide bonds. The normalized spacial score (nSPS) is 9.73. The molecule has 1 rings (SSSR count). The molecule has 0 fully saturated rings. The lowest BCUT2D eigenvalue weighted by molar-refractivity contribution is 0.269. The lowest BCUT2D eigenvalue weighted by Crippen LogP contribution is -1.99. The van der Waals surface area contributed by atoms with Crippen molar-refractivity contribution in [3.8, 4) is 0 Å². The maximum atomic E-state index is 12.6. The van der Waals surface area contributed by atoms with E-state index in [1.54, 1.807) is 0 Å². The van der Waals surface area contributed by atoms with Crippen molar-refractivity contribution in [2.75, 3.05) is 12.6 Å². The highest BCUT2D eigenvalue weighted by Crippen LogP contribution is 2.11. The van der Waals surface area contributed by atoms with Gasteiger partial charge in [0.1, 0.15) is 3.70 Å². The highest BCUT2D eigenvalue weighted by atomic mass is 127. The van der Waals surface area contributed by atoms with Crippen molar-refractivity contribution in [1.29, 1.82) is 0 Å². The summed E-state index contributed by atoms with van der Waals surface area (Å²) in [6.45, 7) is 0. The Morgan fingerprint density at radius 3 is 2.91 bits per heavy atom. The van der Waals surface area contributed by atoms with Gasteiger partial charge in [0.25, 0.3) is 0 Å². The van der Waals surface area contributed by atoms with Gasteiger partial charge in [-0.3, -0.25) is 4.84 Å². The number of nitrogens with one attached hydrogen (secondary N) is 1. The zero-order valence-electron chi connectivity index (χ0n) is 5.77. The molecule has 5 heteroatoms. The number of pyridine rings is 1. The lowest BCUT2D eigenvalue weighted by atomic mass is 10.4. The molecule has 0 aliphatic heterocycles. The predicted octanol–water partition coefficient (Wildman–Crippen LogP) is 1.80. The molecule has 0 aliphatic carbocycles. The summed E-state index contributed by atoms with van der Waals surface area (Å²) < 4.78 is 12.9. The van der Waals surface area contributed by atoms with Gasteiger partial charge in [-0.25, -0.2) is 14.9 Å². The number of halogens is 2. The van der Waals surface area contributed by atoms with E-state index in [9.17, 15) is 4.39 Å². The van der Waals surface area contributed by atoms with Crippen molar-refractivity contribution in [1.82, 2.24) is 4.98 Å². The monoisotopic (exact) mass is 268 g/mol. The number of anilines is 1. The van der Waals surface area contributed by atoms with Gasteiger partial charge < -0.3 is 0 Å². The van der Waals surface area contributed by atoms with Crippen LogP contribution in [0.25, 0.3) is 0 Å². The van der Waals surface area contributed by atoms with E-state index >= 15 is 0 Å². The van der Waals surface area contributed by atoms with Gasteiger partial charge in [-0.15, -0.1) is 0 Å². The minimum absolute atomic E-state index is 0.324. The van der Waals surface area contributed by atoms with Crippen LogP contribution in [-0.2, 0) is 4.84 Å². The summed E-state index contributed by atoms with van der Waals surface area (Å²) >= 11 is 1.81. The molecule has 0 bridgehead atoms. The van der Waals surface area contributed by atoms with Crippen LogP contribution in [0, 0.1) is 9.52 Å². The zero-order valence-corrected chi connectivity index (χ0v) is 7.92. The Bertz CT molecular complexity index is 256. The maximum Gasteiger partial charge on any atom is 0.155 e. The van der Waals surface area contributed by atoms with Crippen LogP contribution in [0.2, 0.25) is 0 Å². The summed E-state index contributed by atoms with van der Waals surface area (Å²) in [5.41, 5.74) is 2.49. The van der Waals surface area contributed by atoms with Crippen LogP contribution >= 0.6 is 22.6 Å². The van der Waals surface area contributed by atoms with Crippen LogP contribution in [0.15, 0.2) is 12.1 Å². The second kappa shape index (κ2) is 3.82. The summed E-state index contributed by atoms with van der Waals surface area (Å²) in [4.78, 5) is 8.42. The molecule has 60 valence electrons. The van der Waals surface area contributed by atoms with Crippen LogP contribution in [0.5, 0.6) is 0 Å². The topological polar surface area (TPSA) is 34.1 Å². The van der Waals surface area contributed by atoms with Crippen molar-refractivity contribution in [3.63, 3.8) is 0 Å². The smallest absolute Gasteiger partial charge is 0.155 e. The lowest BCUT2D eigenvalue weighted by Gasteiger charge is -2.01. The van der Waals surface area contributed by atoms with E-state index in [4.69, 9.17) is 0 Å². The number of aromatic nitrogens is 1. The van der Waals surface area contributed by atoms with Gasteiger partial charge in [0, 0.05) is 0 Å². The Kier molecular flexibility index (Phi) is 3.01. The van der Waals surface area contributed by atoms with Gasteiger partial charge in [-0.2, -0.15) is 0 Å². The third kappa shape index (κ3) is 2.26. The first-order chi connectivity index (χ1) is 5.24. The molecule has 0 saturated heterocycles. The number of nitrogens with zero attached hydrogens (tertiary/aromatic N) is 1. The molecule has 1 N–H and O–H groups in total. The summed E-state index contributed by atoms with van der Waals surface area (Å²) in [5.74, 6) is 0.172. The van der Waals surface area contributed by atoms with Gasteiger partial charge in [0.2, 0.25) is 0 Å². The second-order valence-corrected chi connectivity index (χ2v) is 2.80. The summed E-state index contributed by atoms with van der Waals surface area (Å²) in [6.07, 6.45) is 0. The fourth-order valence-corrected chi connectivity index (χ4v) is 1.02. The number of rotatable bonds is 2. The summed E-state index contributed by atoms with van der Waals surface area (Å²) in [7, 11) is 1.47. The number of hydrogen-bond donors (Lipinski definition) is 1. The molecular weight excluding hydrogens is 262 g/mol. The first kappa shape index (κ1) is 8.66. The Morgan fingerprint density at radius 2 is 2.36 bits per heavy atom. The molecule has 0 saturated carbocycles. The zero-order chi connectivity index (χ0) is 8.27. The maximum absolute atomic E-state index is 12.6. The van der Waals surface area contributed by atoms with Crippen LogP contribution in [0.3, 0.4) is 0 Å². The first-order valence-electron chi connectivity index (χ1n) is 2.85. The van der Waals surface area contributed by atoms with E-state index in [-0.39, 0.29) is 5.82 Å². The van der Waals surface area contributed by atoms with Crippen LogP contribution < -0.4 is 5.48 Å². The molecule has 0 atom stereocenters. The third-order valence-electron chi connectivity index (χ3n) is 1.01.